The number of carbonyl (C=O) groups is 1. The molecule has 1 saturated heterocycles. The largest absolute Gasteiger partial charge is 0.477 e. The van der Waals surface area contributed by atoms with Crippen LogP contribution in [0.3, 0.4) is 0 Å². The van der Waals surface area contributed by atoms with Gasteiger partial charge in [-0.1, -0.05) is 0 Å². The number of hydrogen-bond donors (Lipinski definition) is 4. The van der Waals surface area contributed by atoms with Crippen LogP contribution in [0.4, 0.5) is 20.2 Å². The molecule has 5 N–H and O–H groups in total. The molecule has 1 atom stereocenters. The maximum absolute atomic E-state index is 15.5. The van der Waals surface area contributed by atoms with Gasteiger partial charge in [-0.3, -0.25) is 4.79 Å². The van der Waals surface area contributed by atoms with E-state index >= 15 is 4.39 Å². The fourth-order valence-corrected chi connectivity index (χ4v) is 5.69. The van der Waals surface area contributed by atoms with E-state index in [9.17, 15) is 19.1 Å². The fourth-order valence-electron chi connectivity index (χ4n) is 5.69. The molecule has 39 heavy (non-hydrogen) atoms. The molecule has 1 aromatic carbocycles. The van der Waals surface area contributed by atoms with Crippen LogP contribution >= 0.6 is 0 Å². The maximum Gasteiger partial charge on any atom is 0.341 e. The van der Waals surface area contributed by atoms with E-state index in [1.54, 1.807) is 32.6 Å². The first-order valence-electron chi connectivity index (χ1n) is 12.4. The zero-order chi connectivity index (χ0) is 27.6. The summed E-state index contributed by atoms with van der Waals surface area (Å²) in [6.45, 7) is 0.977. The lowest BCUT2D eigenvalue weighted by molar-refractivity contribution is 0.0695. The third-order valence-electron chi connectivity index (χ3n) is 7.52. The highest BCUT2D eigenvalue weighted by atomic mass is 19.2. The lowest BCUT2D eigenvalue weighted by atomic mass is 10.0. The van der Waals surface area contributed by atoms with E-state index in [0.717, 1.165) is 18.9 Å². The molecule has 0 unspecified atom stereocenters. The van der Waals surface area contributed by atoms with Gasteiger partial charge in [-0.15, -0.1) is 0 Å². The SMILES string of the molecule is CNc1cc(F)c(F)c2c1[nH]c1ncc(-c3cnc4c(c3)c(=O)c(C(=O)O)cn4C)c(N3CCC[C@H]3CN)c12. The zero-order valence-electron chi connectivity index (χ0n) is 21.2. The Kier molecular flexibility index (Phi) is 5.72. The molecule has 10 nitrogen and oxygen atoms in total. The number of rotatable bonds is 5. The van der Waals surface area contributed by atoms with E-state index in [-0.39, 0.29) is 22.4 Å². The molecule has 12 heteroatoms. The minimum Gasteiger partial charge on any atom is -0.477 e. The molecule has 0 bridgehead atoms. The molecular weight excluding hydrogens is 508 g/mol. The van der Waals surface area contributed by atoms with Crippen LogP contribution in [0.2, 0.25) is 0 Å². The third-order valence-corrected chi connectivity index (χ3v) is 7.52. The molecule has 5 heterocycles. The Morgan fingerprint density at radius 3 is 2.77 bits per heavy atom. The summed E-state index contributed by atoms with van der Waals surface area (Å²) >= 11 is 0. The van der Waals surface area contributed by atoms with Crippen molar-refractivity contribution in [1.29, 1.82) is 0 Å². The molecule has 0 saturated carbocycles. The molecule has 0 radical (unpaired) electrons. The number of nitrogens with one attached hydrogen (secondary N) is 2. The topological polar surface area (TPSA) is 142 Å². The van der Waals surface area contributed by atoms with Gasteiger partial charge in [0.1, 0.15) is 16.9 Å². The summed E-state index contributed by atoms with van der Waals surface area (Å²) < 4.78 is 31.7. The number of pyridine rings is 3. The van der Waals surface area contributed by atoms with Crippen molar-refractivity contribution in [3.05, 3.63) is 58.1 Å². The second kappa shape index (κ2) is 9.02. The summed E-state index contributed by atoms with van der Waals surface area (Å²) in [4.78, 5) is 39.0. The van der Waals surface area contributed by atoms with Gasteiger partial charge in [0, 0.05) is 69.0 Å². The van der Waals surface area contributed by atoms with Gasteiger partial charge < -0.3 is 30.6 Å². The monoisotopic (exact) mass is 533 g/mol. The lowest BCUT2D eigenvalue weighted by Crippen LogP contribution is -2.35. The molecule has 4 aromatic heterocycles. The summed E-state index contributed by atoms with van der Waals surface area (Å²) in [6, 6.07) is 2.61. The van der Waals surface area contributed by atoms with Crippen LogP contribution in [0.25, 0.3) is 44.1 Å². The van der Waals surface area contributed by atoms with Gasteiger partial charge in [-0.05, 0) is 18.9 Å². The summed E-state index contributed by atoms with van der Waals surface area (Å²) in [6.07, 6.45) is 6.06. The van der Waals surface area contributed by atoms with Gasteiger partial charge in [-0.25, -0.2) is 23.5 Å². The Hall–Kier alpha value is -4.58. The Morgan fingerprint density at radius 1 is 1.26 bits per heavy atom. The normalized spacial score (nSPS) is 15.6. The number of aromatic amines is 1. The predicted molar refractivity (Wildman–Crippen MR) is 145 cm³/mol. The Balaban J connectivity index is 1.73. The number of aryl methyl sites for hydroxylation is 1. The van der Waals surface area contributed by atoms with Crippen LogP contribution in [0, 0.1) is 11.6 Å². The quantitative estimate of drug-likeness (QED) is 0.269. The smallest absolute Gasteiger partial charge is 0.341 e. The number of aromatic nitrogens is 4. The Bertz CT molecular complexity index is 1880. The van der Waals surface area contributed by atoms with Crippen molar-refractivity contribution >= 4 is 50.3 Å². The van der Waals surface area contributed by atoms with E-state index in [1.165, 1.54) is 10.8 Å². The number of carboxylic acid groups (broad SMARTS) is 1. The molecule has 1 aliphatic rings. The van der Waals surface area contributed by atoms with Crippen LogP contribution in [0.1, 0.15) is 23.2 Å². The second-order valence-corrected chi connectivity index (χ2v) is 9.70. The minimum absolute atomic E-state index is 0.0548. The molecule has 1 fully saturated rings. The number of aromatic carboxylic acids is 1. The Labute approximate surface area is 220 Å². The van der Waals surface area contributed by atoms with Crippen molar-refractivity contribution in [1.82, 2.24) is 19.5 Å². The summed E-state index contributed by atoms with van der Waals surface area (Å²) in [7, 11) is 3.23. The maximum atomic E-state index is 15.5. The summed E-state index contributed by atoms with van der Waals surface area (Å²) in [5.41, 5.74) is 8.11. The first-order chi connectivity index (χ1) is 18.7. The predicted octanol–water partition coefficient (Wildman–Crippen LogP) is 3.58. The lowest BCUT2D eigenvalue weighted by Gasteiger charge is -2.29. The van der Waals surface area contributed by atoms with E-state index < -0.39 is 23.0 Å². The molecule has 0 amide bonds. The van der Waals surface area contributed by atoms with E-state index in [1.807, 2.05) is 0 Å². The van der Waals surface area contributed by atoms with E-state index in [4.69, 9.17) is 5.73 Å². The molecule has 200 valence electrons. The van der Waals surface area contributed by atoms with Gasteiger partial charge in [0.2, 0.25) is 5.43 Å². The number of nitrogens with two attached hydrogens (primary N) is 1. The summed E-state index contributed by atoms with van der Waals surface area (Å²) in [5.74, 6) is -3.35. The molecule has 1 aliphatic heterocycles. The van der Waals surface area contributed by atoms with Crippen LogP contribution in [0.5, 0.6) is 0 Å². The highest BCUT2D eigenvalue weighted by Gasteiger charge is 2.31. The van der Waals surface area contributed by atoms with Gasteiger partial charge in [0.25, 0.3) is 0 Å². The van der Waals surface area contributed by atoms with Gasteiger partial charge in [0.15, 0.2) is 11.6 Å². The number of nitrogens with zero attached hydrogens (tertiary/aromatic N) is 4. The molecule has 0 spiro atoms. The van der Waals surface area contributed by atoms with E-state index in [0.29, 0.717) is 57.8 Å². The average Bonchev–Trinajstić information content (AvgIpc) is 3.56. The number of carboxylic acids is 1. The van der Waals surface area contributed by atoms with Crippen LogP contribution in [0.15, 0.2) is 35.5 Å². The number of anilines is 2. The van der Waals surface area contributed by atoms with Crippen molar-refractivity contribution in [3.8, 4) is 11.1 Å². The molecular formula is C27H25F2N7O3. The van der Waals surface area contributed by atoms with Crippen LogP contribution in [-0.4, -0.2) is 56.8 Å². The number of H-pyrrole nitrogens is 1. The average molecular weight is 534 g/mol. The van der Waals surface area contributed by atoms with Crippen molar-refractivity contribution in [2.45, 2.75) is 18.9 Å². The van der Waals surface area contributed by atoms with E-state index in [2.05, 4.69) is 25.2 Å². The number of benzene rings is 1. The molecule has 5 aromatic rings. The molecule has 6 rings (SSSR count). The number of fused-ring (bicyclic) bond motifs is 4. The minimum atomic E-state index is -1.34. The van der Waals surface area contributed by atoms with Crippen molar-refractivity contribution in [2.75, 3.05) is 30.4 Å². The first kappa shape index (κ1) is 24.7. The highest BCUT2D eigenvalue weighted by Crippen LogP contribution is 2.45. The molecule has 0 aliphatic carbocycles. The van der Waals surface area contributed by atoms with Crippen LogP contribution < -0.4 is 21.4 Å². The Morgan fingerprint density at radius 2 is 2.05 bits per heavy atom. The van der Waals surface area contributed by atoms with Gasteiger partial charge >= 0.3 is 5.97 Å². The summed E-state index contributed by atoms with van der Waals surface area (Å²) in [5, 5.41) is 13.0. The van der Waals surface area contributed by atoms with Crippen molar-refractivity contribution in [3.63, 3.8) is 0 Å². The first-order valence-corrected chi connectivity index (χ1v) is 12.4. The second-order valence-electron chi connectivity index (χ2n) is 9.70. The van der Waals surface area contributed by atoms with Gasteiger partial charge in [-0.2, -0.15) is 0 Å². The fraction of sp³-hybridized carbons (Fsp3) is 0.259. The third kappa shape index (κ3) is 3.62. The van der Waals surface area contributed by atoms with Gasteiger partial charge in [0.05, 0.1) is 33.1 Å². The highest BCUT2D eigenvalue weighted by molar-refractivity contribution is 6.18. The van der Waals surface area contributed by atoms with Crippen LogP contribution in [-0.2, 0) is 7.05 Å². The number of hydrogen-bond acceptors (Lipinski definition) is 7. The zero-order valence-corrected chi connectivity index (χ0v) is 21.2. The standard InChI is InChI=1S/C27H25F2N7O3/c1-31-18-7-17(28)21(29)19-20-23(36-5-3-4-13(36)8-30)15(10-32-25(20)34-22(18)19)12-6-14-24(37)16(27(38)39)11-35(2)26(14)33-9-12/h6-7,9-11,13,31H,3-5,8,30H2,1-2H3,(H,32,34)(H,38,39)/t13-/m0/s1. The van der Waals surface area contributed by atoms with Crippen molar-refractivity contribution < 1.29 is 18.7 Å². The van der Waals surface area contributed by atoms with Crippen molar-refractivity contribution in [2.24, 2.45) is 12.8 Å². The number of halogens is 2.